The van der Waals surface area contributed by atoms with Crippen LogP contribution >= 0.6 is 0 Å². The number of fused-ring (bicyclic) bond motifs is 2. The van der Waals surface area contributed by atoms with E-state index in [9.17, 15) is 15.0 Å². The average Bonchev–Trinajstić information content (AvgIpc) is 2.95. The van der Waals surface area contributed by atoms with Crippen LogP contribution in [0.4, 0.5) is 0 Å². The second kappa shape index (κ2) is 4.27. The van der Waals surface area contributed by atoms with Gasteiger partial charge in [-0.2, -0.15) is 0 Å². The molecule has 1 saturated heterocycles. The maximum Gasteiger partial charge on any atom is 0.312 e. The van der Waals surface area contributed by atoms with Crippen molar-refractivity contribution in [3.05, 3.63) is 12.2 Å². The summed E-state index contributed by atoms with van der Waals surface area (Å²) < 4.78 is 5.81. The number of allylic oxidation sites excluding steroid dienone is 1. The van der Waals surface area contributed by atoms with Crippen molar-refractivity contribution in [1.29, 1.82) is 0 Å². The number of hydrogen-bond acceptors (Lipinski definition) is 4. The second-order valence-electron chi connectivity index (χ2n) is 9.73. The van der Waals surface area contributed by atoms with Gasteiger partial charge in [-0.25, -0.2) is 0 Å². The first-order valence-electron chi connectivity index (χ1n) is 9.50. The molecule has 1 heterocycles. The summed E-state index contributed by atoms with van der Waals surface area (Å²) in [6.45, 7) is 8.44. The third-order valence-corrected chi connectivity index (χ3v) is 8.96. The molecule has 2 bridgehead atoms. The van der Waals surface area contributed by atoms with E-state index in [1.165, 1.54) is 5.57 Å². The van der Waals surface area contributed by atoms with Crippen LogP contribution < -0.4 is 0 Å². The Bertz CT molecular complexity index is 644. The molecular weight excluding hydrogens is 304 g/mol. The zero-order valence-electron chi connectivity index (χ0n) is 14.6. The second-order valence-corrected chi connectivity index (χ2v) is 9.73. The number of aliphatic hydroxyl groups is 2. The Morgan fingerprint density at radius 1 is 1.21 bits per heavy atom. The van der Waals surface area contributed by atoms with Crippen LogP contribution in [-0.4, -0.2) is 34.5 Å². The van der Waals surface area contributed by atoms with Gasteiger partial charge in [-0.05, 0) is 57.3 Å². The molecule has 2 N–H and O–H groups in total. The zero-order chi connectivity index (χ0) is 17.1. The number of carbonyl (C=O) groups is 1. The summed E-state index contributed by atoms with van der Waals surface area (Å²) in [5.41, 5.74) is 0.0579. The van der Waals surface area contributed by atoms with Gasteiger partial charge >= 0.3 is 5.97 Å². The number of aliphatic hydroxyl groups excluding tert-OH is 2. The molecule has 9 atom stereocenters. The van der Waals surface area contributed by atoms with E-state index in [1.54, 1.807) is 0 Å². The number of rotatable bonds is 0. The quantitative estimate of drug-likeness (QED) is 0.528. The van der Waals surface area contributed by atoms with Crippen molar-refractivity contribution in [3.8, 4) is 0 Å². The molecule has 1 spiro atoms. The van der Waals surface area contributed by atoms with Crippen molar-refractivity contribution in [2.45, 2.75) is 70.7 Å². The van der Waals surface area contributed by atoms with Gasteiger partial charge in [0.1, 0.15) is 6.10 Å². The van der Waals surface area contributed by atoms with Gasteiger partial charge in [-0.1, -0.05) is 19.1 Å². The van der Waals surface area contributed by atoms with E-state index in [4.69, 9.17) is 4.74 Å². The first-order valence-corrected chi connectivity index (χ1v) is 9.50. The molecule has 0 amide bonds. The lowest BCUT2D eigenvalue weighted by Crippen LogP contribution is -2.69. The summed E-state index contributed by atoms with van der Waals surface area (Å²) >= 11 is 0. The van der Waals surface area contributed by atoms with E-state index >= 15 is 0 Å². The number of hydrogen-bond donors (Lipinski definition) is 2. The third-order valence-electron chi connectivity index (χ3n) is 8.96. The Morgan fingerprint density at radius 2 is 1.96 bits per heavy atom. The van der Waals surface area contributed by atoms with Crippen LogP contribution in [0.15, 0.2) is 12.2 Å². The van der Waals surface area contributed by atoms with E-state index in [0.717, 1.165) is 25.7 Å². The summed E-state index contributed by atoms with van der Waals surface area (Å²) in [6, 6.07) is 0. The van der Waals surface area contributed by atoms with Crippen LogP contribution in [0.5, 0.6) is 0 Å². The van der Waals surface area contributed by atoms with Crippen LogP contribution in [0.3, 0.4) is 0 Å². The van der Waals surface area contributed by atoms with Crippen molar-refractivity contribution in [1.82, 2.24) is 0 Å². The lowest BCUT2D eigenvalue weighted by Gasteiger charge is -2.65. The maximum atomic E-state index is 12.7. The number of esters is 1. The molecule has 0 radical (unpaired) electrons. The summed E-state index contributed by atoms with van der Waals surface area (Å²) in [4.78, 5) is 12.7. The van der Waals surface area contributed by atoms with Gasteiger partial charge in [0.25, 0.3) is 0 Å². The Morgan fingerprint density at radius 3 is 2.71 bits per heavy atom. The molecule has 0 aromatic heterocycles. The number of ether oxygens (including phenoxy) is 1. The summed E-state index contributed by atoms with van der Waals surface area (Å²) in [5, 5.41) is 22.4. The molecule has 5 aliphatic rings. The van der Waals surface area contributed by atoms with Gasteiger partial charge in [0.05, 0.1) is 17.6 Å². The molecule has 132 valence electrons. The van der Waals surface area contributed by atoms with Gasteiger partial charge in [-0.15, -0.1) is 0 Å². The average molecular weight is 332 g/mol. The van der Waals surface area contributed by atoms with Crippen LogP contribution in [0.1, 0.15) is 52.4 Å². The van der Waals surface area contributed by atoms with Gasteiger partial charge in [-0.3, -0.25) is 4.79 Å². The van der Waals surface area contributed by atoms with Gasteiger partial charge < -0.3 is 14.9 Å². The Kier molecular flexibility index (Phi) is 2.74. The standard InChI is InChI=1S/C20H28O4/c1-10-8-20-9-11(10)4-5-12(20)19(3)13(21)6-7-18(2)15(19)14(16(20)22)24-17(18)23/h11-16,21-22H,1,4-9H2,2-3H3/t11-,12+,13-,14-,15-,16+,18-,19-,20+/m1/s1. The van der Waals surface area contributed by atoms with Crippen molar-refractivity contribution in [2.24, 2.45) is 34.0 Å². The van der Waals surface area contributed by atoms with Crippen molar-refractivity contribution < 1.29 is 19.7 Å². The molecule has 5 rings (SSSR count). The zero-order valence-corrected chi connectivity index (χ0v) is 14.6. The molecule has 0 unspecified atom stereocenters. The highest BCUT2D eigenvalue weighted by atomic mass is 16.6. The number of carbonyl (C=O) groups excluding carboxylic acids is 1. The maximum absolute atomic E-state index is 12.7. The summed E-state index contributed by atoms with van der Waals surface area (Å²) in [6.07, 6.45) is 3.67. The van der Waals surface area contributed by atoms with Gasteiger partial charge in [0.2, 0.25) is 0 Å². The third kappa shape index (κ3) is 1.40. The molecule has 0 aromatic rings. The minimum absolute atomic E-state index is 0.0858. The van der Waals surface area contributed by atoms with Crippen LogP contribution in [0.25, 0.3) is 0 Å². The molecule has 4 aliphatic carbocycles. The molecule has 4 nitrogen and oxygen atoms in total. The Balaban J connectivity index is 1.72. The van der Waals surface area contributed by atoms with E-state index < -0.39 is 23.7 Å². The topological polar surface area (TPSA) is 66.8 Å². The summed E-state index contributed by atoms with van der Waals surface area (Å²) in [7, 11) is 0. The van der Waals surface area contributed by atoms with Crippen molar-refractivity contribution in [3.63, 3.8) is 0 Å². The van der Waals surface area contributed by atoms with Crippen LogP contribution in [-0.2, 0) is 9.53 Å². The lowest BCUT2D eigenvalue weighted by atomic mass is 9.39. The fourth-order valence-electron chi connectivity index (χ4n) is 7.92. The largest absolute Gasteiger partial charge is 0.459 e. The van der Waals surface area contributed by atoms with Crippen molar-refractivity contribution in [2.75, 3.05) is 0 Å². The highest BCUT2D eigenvalue weighted by Gasteiger charge is 2.76. The molecule has 1 aliphatic heterocycles. The summed E-state index contributed by atoms with van der Waals surface area (Å²) in [5.74, 6) is 0.469. The molecule has 4 saturated carbocycles. The molecule has 5 fully saturated rings. The van der Waals surface area contributed by atoms with Gasteiger partial charge in [0.15, 0.2) is 0 Å². The highest BCUT2D eigenvalue weighted by molar-refractivity contribution is 5.80. The molecular formula is C20H28O4. The highest BCUT2D eigenvalue weighted by Crippen LogP contribution is 2.74. The normalized spacial score (nSPS) is 61.3. The first kappa shape index (κ1) is 15.4. The van der Waals surface area contributed by atoms with Gasteiger partial charge in [0, 0.05) is 16.7 Å². The van der Waals surface area contributed by atoms with E-state index in [0.29, 0.717) is 18.8 Å². The monoisotopic (exact) mass is 332 g/mol. The molecule has 0 aromatic carbocycles. The fraction of sp³-hybridized carbons (Fsp3) is 0.850. The lowest BCUT2D eigenvalue weighted by molar-refractivity contribution is -0.248. The predicted molar refractivity (Wildman–Crippen MR) is 87.9 cm³/mol. The SMILES string of the molecule is C=C1C[C@]23C[C@H]1CC[C@H]2[C@]1(C)[C@H](O)CC[C@@]2(C)C(=O)O[C@@H]([C@@H]3O)[C@@H]12. The minimum atomic E-state index is -0.626. The first-order chi connectivity index (χ1) is 11.2. The van der Waals surface area contributed by atoms with Crippen molar-refractivity contribution >= 4 is 5.97 Å². The minimum Gasteiger partial charge on any atom is -0.459 e. The molecule has 4 heteroatoms. The Hall–Kier alpha value is -0.870. The van der Waals surface area contributed by atoms with E-state index in [2.05, 4.69) is 13.5 Å². The van der Waals surface area contributed by atoms with E-state index in [1.807, 2.05) is 6.92 Å². The predicted octanol–water partition coefficient (Wildman–Crippen LogP) is 2.43. The smallest absolute Gasteiger partial charge is 0.312 e. The fourth-order valence-corrected chi connectivity index (χ4v) is 7.92. The van der Waals surface area contributed by atoms with Crippen LogP contribution in [0, 0.1) is 34.0 Å². The molecule has 24 heavy (non-hydrogen) atoms. The van der Waals surface area contributed by atoms with Crippen LogP contribution in [0.2, 0.25) is 0 Å². The Labute approximate surface area is 143 Å². The van der Waals surface area contributed by atoms with E-state index in [-0.39, 0.29) is 28.6 Å².